The molecule has 4 nitrogen and oxygen atoms in total. The van der Waals surface area contributed by atoms with Crippen LogP contribution in [0.3, 0.4) is 0 Å². The van der Waals surface area contributed by atoms with Crippen molar-refractivity contribution in [2.75, 3.05) is 6.61 Å². The molecule has 0 spiro atoms. The minimum atomic E-state index is -0.475. The summed E-state index contributed by atoms with van der Waals surface area (Å²) < 4.78 is 11.2. The SMILES string of the molecule is Cc1ccccc1C(=O)OC(C(C)C)C(C)(C)COC(=O)C(C)C. The molecule has 0 amide bonds. The number of benzene rings is 1. The average Bonchev–Trinajstić information content (AvgIpc) is 2.49. The molecule has 0 saturated heterocycles. The Balaban J connectivity index is 2.87. The summed E-state index contributed by atoms with van der Waals surface area (Å²) in [6.45, 7) is 13.6. The first-order valence-corrected chi connectivity index (χ1v) is 8.49. The van der Waals surface area contributed by atoms with E-state index in [1.807, 2.05) is 52.8 Å². The molecule has 0 N–H and O–H groups in total. The van der Waals surface area contributed by atoms with Crippen LogP contribution in [-0.2, 0) is 14.3 Å². The predicted molar refractivity (Wildman–Crippen MR) is 94.8 cm³/mol. The van der Waals surface area contributed by atoms with E-state index in [0.29, 0.717) is 5.56 Å². The Kier molecular flexibility index (Phi) is 7.00. The molecule has 1 rings (SSSR count). The van der Waals surface area contributed by atoms with Crippen LogP contribution in [0, 0.1) is 24.2 Å². The van der Waals surface area contributed by atoms with Crippen LogP contribution in [0.25, 0.3) is 0 Å². The van der Waals surface area contributed by atoms with Crippen molar-refractivity contribution in [1.29, 1.82) is 0 Å². The van der Waals surface area contributed by atoms with Gasteiger partial charge in [-0.25, -0.2) is 4.79 Å². The van der Waals surface area contributed by atoms with Gasteiger partial charge >= 0.3 is 11.9 Å². The lowest BCUT2D eigenvalue weighted by molar-refractivity contribution is -0.153. The summed E-state index contributed by atoms with van der Waals surface area (Å²) in [5, 5.41) is 0. The summed E-state index contributed by atoms with van der Waals surface area (Å²) in [6.07, 6.45) is -0.357. The summed E-state index contributed by atoms with van der Waals surface area (Å²) in [4.78, 5) is 24.3. The third-order valence-electron chi connectivity index (χ3n) is 4.03. The van der Waals surface area contributed by atoms with E-state index < -0.39 is 5.41 Å². The molecule has 1 unspecified atom stereocenters. The van der Waals surface area contributed by atoms with E-state index in [-0.39, 0.29) is 36.5 Å². The summed E-state index contributed by atoms with van der Waals surface area (Å²) >= 11 is 0. The summed E-state index contributed by atoms with van der Waals surface area (Å²) in [5.74, 6) is -0.649. The van der Waals surface area contributed by atoms with Crippen LogP contribution in [0.15, 0.2) is 24.3 Å². The zero-order chi connectivity index (χ0) is 18.5. The fourth-order valence-electron chi connectivity index (χ4n) is 2.68. The van der Waals surface area contributed by atoms with E-state index in [2.05, 4.69) is 0 Å². The molecule has 0 heterocycles. The normalized spacial score (nSPS) is 13.0. The predicted octanol–water partition coefficient (Wildman–Crippen LogP) is 4.40. The Hall–Kier alpha value is -1.84. The molecule has 0 aliphatic rings. The number of rotatable bonds is 7. The van der Waals surface area contributed by atoms with Crippen molar-refractivity contribution in [3.8, 4) is 0 Å². The molecule has 1 aromatic carbocycles. The molecule has 0 aromatic heterocycles. The van der Waals surface area contributed by atoms with Gasteiger partial charge in [0.2, 0.25) is 0 Å². The lowest BCUT2D eigenvalue weighted by Crippen LogP contribution is -2.42. The van der Waals surface area contributed by atoms with Crippen LogP contribution in [0.5, 0.6) is 0 Å². The molecule has 24 heavy (non-hydrogen) atoms. The average molecular weight is 334 g/mol. The molecule has 0 radical (unpaired) electrons. The molecule has 4 heteroatoms. The van der Waals surface area contributed by atoms with Crippen LogP contribution in [0.2, 0.25) is 0 Å². The molecule has 1 aromatic rings. The van der Waals surface area contributed by atoms with E-state index in [1.165, 1.54) is 0 Å². The van der Waals surface area contributed by atoms with E-state index in [1.54, 1.807) is 19.9 Å². The van der Waals surface area contributed by atoms with Gasteiger partial charge in [-0.3, -0.25) is 4.79 Å². The van der Waals surface area contributed by atoms with Crippen LogP contribution in [-0.4, -0.2) is 24.6 Å². The van der Waals surface area contributed by atoms with Crippen molar-refractivity contribution in [3.63, 3.8) is 0 Å². The Labute approximate surface area is 145 Å². The number of carbonyl (C=O) groups is 2. The molecule has 0 bridgehead atoms. The minimum absolute atomic E-state index is 0.103. The zero-order valence-electron chi connectivity index (χ0n) is 15.9. The highest BCUT2D eigenvalue weighted by Gasteiger charge is 2.37. The van der Waals surface area contributed by atoms with Crippen LogP contribution < -0.4 is 0 Å². The van der Waals surface area contributed by atoms with Crippen molar-refractivity contribution in [3.05, 3.63) is 35.4 Å². The highest BCUT2D eigenvalue weighted by molar-refractivity contribution is 5.91. The van der Waals surface area contributed by atoms with Gasteiger partial charge < -0.3 is 9.47 Å². The van der Waals surface area contributed by atoms with Gasteiger partial charge in [-0.2, -0.15) is 0 Å². The largest absolute Gasteiger partial charge is 0.465 e. The monoisotopic (exact) mass is 334 g/mol. The fraction of sp³-hybridized carbons (Fsp3) is 0.600. The standard InChI is InChI=1S/C20H30O4/c1-13(2)17(20(6,7)12-23-18(21)14(3)4)24-19(22)16-11-9-8-10-15(16)5/h8-11,13-14,17H,12H2,1-7H3. The lowest BCUT2D eigenvalue weighted by Gasteiger charge is -2.36. The van der Waals surface area contributed by atoms with Crippen molar-refractivity contribution in [1.82, 2.24) is 0 Å². The first kappa shape index (κ1) is 20.2. The molecule has 0 saturated carbocycles. The van der Waals surface area contributed by atoms with Crippen molar-refractivity contribution in [2.45, 2.75) is 54.6 Å². The Morgan fingerprint density at radius 1 is 1.08 bits per heavy atom. The third-order valence-corrected chi connectivity index (χ3v) is 4.03. The summed E-state index contributed by atoms with van der Waals surface area (Å²) in [6, 6.07) is 7.36. The van der Waals surface area contributed by atoms with Gasteiger partial charge in [0.25, 0.3) is 0 Å². The Morgan fingerprint density at radius 2 is 1.67 bits per heavy atom. The van der Waals surface area contributed by atoms with Crippen molar-refractivity contribution in [2.24, 2.45) is 17.3 Å². The third kappa shape index (κ3) is 5.36. The van der Waals surface area contributed by atoms with Gasteiger partial charge in [0, 0.05) is 5.41 Å². The quantitative estimate of drug-likeness (QED) is 0.693. The number of hydrogen-bond acceptors (Lipinski definition) is 4. The second-order valence-corrected chi connectivity index (χ2v) is 7.64. The zero-order valence-corrected chi connectivity index (χ0v) is 15.9. The highest BCUT2D eigenvalue weighted by atomic mass is 16.6. The molecule has 1 atom stereocenters. The molecule has 0 aliphatic carbocycles. The molecule has 0 aliphatic heterocycles. The van der Waals surface area contributed by atoms with Gasteiger partial charge in [-0.1, -0.05) is 59.7 Å². The highest BCUT2D eigenvalue weighted by Crippen LogP contribution is 2.31. The van der Waals surface area contributed by atoms with Gasteiger partial charge in [0.1, 0.15) is 6.10 Å². The van der Waals surface area contributed by atoms with E-state index in [0.717, 1.165) is 5.56 Å². The van der Waals surface area contributed by atoms with Crippen molar-refractivity contribution >= 4 is 11.9 Å². The Morgan fingerprint density at radius 3 is 2.17 bits per heavy atom. The number of carbonyl (C=O) groups excluding carboxylic acids is 2. The van der Waals surface area contributed by atoms with Crippen LogP contribution >= 0.6 is 0 Å². The van der Waals surface area contributed by atoms with E-state index in [4.69, 9.17) is 9.47 Å². The Bertz CT molecular complexity index is 573. The minimum Gasteiger partial charge on any atom is -0.465 e. The van der Waals surface area contributed by atoms with Crippen LogP contribution in [0.1, 0.15) is 57.5 Å². The summed E-state index contributed by atoms with van der Waals surface area (Å²) in [5.41, 5.74) is 0.976. The second kappa shape index (κ2) is 8.32. The van der Waals surface area contributed by atoms with Crippen LogP contribution in [0.4, 0.5) is 0 Å². The molecule has 134 valence electrons. The topological polar surface area (TPSA) is 52.6 Å². The number of esters is 2. The fourth-order valence-corrected chi connectivity index (χ4v) is 2.68. The first-order valence-electron chi connectivity index (χ1n) is 8.49. The smallest absolute Gasteiger partial charge is 0.338 e. The maximum atomic E-state index is 12.5. The lowest BCUT2D eigenvalue weighted by atomic mass is 9.81. The van der Waals surface area contributed by atoms with Gasteiger partial charge in [0.15, 0.2) is 0 Å². The summed E-state index contributed by atoms with van der Waals surface area (Å²) in [7, 11) is 0. The number of aryl methyl sites for hydroxylation is 1. The van der Waals surface area contributed by atoms with Gasteiger partial charge in [0.05, 0.1) is 18.1 Å². The van der Waals surface area contributed by atoms with E-state index >= 15 is 0 Å². The maximum absolute atomic E-state index is 12.5. The number of hydrogen-bond donors (Lipinski definition) is 0. The molecule has 0 fully saturated rings. The van der Waals surface area contributed by atoms with Gasteiger partial charge in [-0.05, 0) is 24.5 Å². The molecular formula is C20H30O4. The first-order chi connectivity index (χ1) is 11.1. The number of ether oxygens (including phenoxy) is 2. The van der Waals surface area contributed by atoms with Crippen molar-refractivity contribution < 1.29 is 19.1 Å². The van der Waals surface area contributed by atoms with Gasteiger partial charge in [-0.15, -0.1) is 0 Å². The van der Waals surface area contributed by atoms with E-state index in [9.17, 15) is 9.59 Å². The maximum Gasteiger partial charge on any atom is 0.338 e. The molecular weight excluding hydrogens is 304 g/mol. The second-order valence-electron chi connectivity index (χ2n) is 7.64.